The SMILES string of the molecule is COc1cc(OC)cc(C(NN)c2c(Br)cnn2C)c1. The number of benzene rings is 1. The number of methoxy groups -OCH3 is 2. The number of nitrogens with two attached hydrogens (primary N) is 1. The van der Waals surface area contributed by atoms with E-state index in [1.54, 1.807) is 25.1 Å². The second kappa shape index (κ2) is 6.25. The molecule has 2 aromatic rings. The van der Waals surface area contributed by atoms with Crippen LogP contribution in [0.5, 0.6) is 11.5 Å². The number of halogens is 1. The predicted octanol–water partition coefficient (Wildman–Crippen LogP) is 1.75. The van der Waals surface area contributed by atoms with Crippen molar-refractivity contribution in [1.82, 2.24) is 15.2 Å². The number of ether oxygens (including phenoxy) is 2. The summed E-state index contributed by atoms with van der Waals surface area (Å²) in [5.74, 6) is 7.14. The van der Waals surface area contributed by atoms with Crippen LogP contribution in [0.2, 0.25) is 0 Å². The summed E-state index contributed by atoms with van der Waals surface area (Å²) in [6, 6.07) is 5.40. The van der Waals surface area contributed by atoms with Gasteiger partial charge in [0.15, 0.2) is 0 Å². The fourth-order valence-electron chi connectivity index (χ4n) is 2.07. The zero-order chi connectivity index (χ0) is 14.7. The first kappa shape index (κ1) is 14.8. The molecule has 0 fully saturated rings. The molecule has 0 aliphatic rings. The van der Waals surface area contributed by atoms with E-state index in [2.05, 4.69) is 26.5 Å². The van der Waals surface area contributed by atoms with Crippen molar-refractivity contribution >= 4 is 15.9 Å². The summed E-state index contributed by atoms with van der Waals surface area (Å²) in [5, 5.41) is 4.21. The van der Waals surface area contributed by atoms with Gasteiger partial charge in [-0.05, 0) is 33.6 Å². The molecule has 0 bridgehead atoms. The number of hydrazine groups is 1. The third-order valence-corrected chi connectivity index (χ3v) is 3.70. The van der Waals surface area contributed by atoms with Gasteiger partial charge < -0.3 is 9.47 Å². The van der Waals surface area contributed by atoms with Crippen molar-refractivity contribution in [1.29, 1.82) is 0 Å². The van der Waals surface area contributed by atoms with Crippen LogP contribution in [0.4, 0.5) is 0 Å². The van der Waals surface area contributed by atoms with Gasteiger partial charge in [0.1, 0.15) is 11.5 Å². The second-order valence-corrected chi connectivity index (χ2v) is 5.10. The lowest BCUT2D eigenvalue weighted by molar-refractivity contribution is 0.392. The largest absolute Gasteiger partial charge is 0.497 e. The number of hydrogen-bond acceptors (Lipinski definition) is 5. The van der Waals surface area contributed by atoms with Crippen LogP contribution in [0.3, 0.4) is 0 Å². The highest BCUT2D eigenvalue weighted by molar-refractivity contribution is 9.10. The minimum atomic E-state index is -0.235. The molecule has 0 radical (unpaired) electrons. The molecule has 1 aromatic heterocycles. The van der Waals surface area contributed by atoms with E-state index in [1.165, 1.54) is 0 Å². The molecule has 0 aliphatic heterocycles. The Labute approximate surface area is 126 Å². The van der Waals surface area contributed by atoms with Gasteiger partial charge >= 0.3 is 0 Å². The maximum Gasteiger partial charge on any atom is 0.122 e. The van der Waals surface area contributed by atoms with Crippen molar-refractivity contribution in [3.63, 3.8) is 0 Å². The molecule has 1 heterocycles. The zero-order valence-electron chi connectivity index (χ0n) is 11.6. The van der Waals surface area contributed by atoms with Crippen LogP contribution in [-0.4, -0.2) is 24.0 Å². The lowest BCUT2D eigenvalue weighted by atomic mass is 10.0. The molecular weight excluding hydrogens is 324 g/mol. The monoisotopic (exact) mass is 340 g/mol. The van der Waals surface area contributed by atoms with Gasteiger partial charge in [-0.25, -0.2) is 5.43 Å². The molecule has 2 rings (SSSR count). The summed E-state index contributed by atoms with van der Waals surface area (Å²) >= 11 is 3.49. The average Bonchev–Trinajstić information content (AvgIpc) is 2.80. The van der Waals surface area contributed by atoms with Crippen molar-refractivity contribution in [2.24, 2.45) is 12.9 Å². The summed E-state index contributed by atoms with van der Waals surface area (Å²) in [6.45, 7) is 0. The molecule has 0 saturated carbocycles. The average molecular weight is 341 g/mol. The van der Waals surface area contributed by atoms with Crippen molar-refractivity contribution in [3.05, 3.63) is 40.1 Å². The molecule has 1 atom stereocenters. The molecule has 0 saturated heterocycles. The molecule has 6 nitrogen and oxygen atoms in total. The van der Waals surface area contributed by atoms with Crippen molar-refractivity contribution in [3.8, 4) is 11.5 Å². The van der Waals surface area contributed by atoms with Gasteiger partial charge in [-0.3, -0.25) is 10.5 Å². The van der Waals surface area contributed by atoms with E-state index in [4.69, 9.17) is 15.3 Å². The lowest BCUT2D eigenvalue weighted by Crippen LogP contribution is -2.30. The van der Waals surface area contributed by atoms with Gasteiger partial charge in [-0.15, -0.1) is 0 Å². The van der Waals surface area contributed by atoms with E-state index >= 15 is 0 Å². The molecule has 7 heteroatoms. The standard InChI is InChI=1S/C13H17BrN4O2/c1-18-13(11(14)7-16-18)12(17-15)8-4-9(19-2)6-10(5-8)20-3/h4-7,12,17H,15H2,1-3H3. The quantitative estimate of drug-likeness (QED) is 0.640. The zero-order valence-corrected chi connectivity index (χ0v) is 13.1. The Kier molecular flexibility index (Phi) is 4.64. The normalized spacial score (nSPS) is 12.2. The summed E-state index contributed by atoms with van der Waals surface area (Å²) in [4.78, 5) is 0. The first-order valence-electron chi connectivity index (χ1n) is 5.97. The Balaban J connectivity index is 2.52. The Bertz CT molecular complexity index is 558. The smallest absolute Gasteiger partial charge is 0.122 e. The number of hydrogen-bond donors (Lipinski definition) is 2. The van der Waals surface area contributed by atoms with E-state index < -0.39 is 0 Å². The second-order valence-electron chi connectivity index (χ2n) is 4.25. The first-order chi connectivity index (χ1) is 9.60. The molecule has 0 aliphatic carbocycles. The minimum absolute atomic E-state index is 0.235. The number of aromatic nitrogens is 2. The van der Waals surface area contributed by atoms with Crippen molar-refractivity contribution in [2.75, 3.05) is 14.2 Å². The van der Waals surface area contributed by atoms with E-state index in [0.717, 1.165) is 15.7 Å². The van der Waals surface area contributed by atoms with Crippen LogP contribution >= 0.6 is 15.9 Å². The predicted molar refractivity (Wildman–Crippen MR) is 79.6 cm³/mol. The molecular formula is C13H17BrN4O2. The van der Waals surface area contributed by atoms with Crippen LogP contribution in [0.1, 0.15) is 17.3 Å². The summed E-state index contributed by atoms with van der Waals surface area (Å²) in [6.07, 6.45) is 1.73. The number of nitrogens with zero attached hydrogens (tertiary/aromatic N) is 2. The highest BCUT2D eigenvalue weighted by Gasteiger charge is 2.21. The third-order valence-electron chi connectivity index (χ3n) is 3.08. The maximum atomic E-state index is 5.72. The molecule has 0 spiro atoms. The molecule has 3 N–H and O–H groups in total. The van der Waals surface area contributed by atoms with Gasteiger partial charge in [0, 0.05) is 13.1 Å². The molecule has 1 aromatic carbocycles. The fraction of sp³-hybridized carbons (Fsp3) is 0.308. The van der Waals surface area contributed by atoms with Crippen molar-refractivity contribution < 1.29 is 9.47 Å². The lowest BCUT2D eigenvalue weighted by Gasteiger charge is -2.19. The topological polar surface area (TPSA) is 74.3 Å². The van der Waals surface area contributed by atoms with E-state index in [0.29, 0.717) is 11.5 Å². The summed E-state index contributed by atoms with van der Waals surface area (Å²) < 4.78 is 13.2. The van der Waals surface area contributed by atoms with Crippen LogP contribution in [0, 0.1) is 0 Å². The summed E-state index contributed by atoms with van der Waals surface area (Å²) in [5.41, 5.74) is 4.65. The highest BCUT2D eigenvalue weighted by atomic mass is 79.9. The van der Waals surface area contributed by atoms with Gasteiger partial charge in [-0.2, -0.15) is 5.10 Å². The van der Waals surface area contributed by atoms with E-state index in [-0.39, 0.29) is 6.04 Å². The van der Waals surface area contributed by atoms with Crippen LogP contribution in [0.25, 0.3) is 0 Å². The number of aryl methyl sites for hydroxylation is 1. The number of rotatable bonds is 5. The fourth-order valence-corrected chi connectivity index (χ4v) is 2.65. The molecule has 0 amide bonds. The van der Waals surface area contributed by atoms with Gasteiger partial charge in [0.05, 0.1) is 36.6 Å². The Morgan fingerprint density at radius 1 is 1.25 bits per heavy atom. The summed E-state index contributed by atoms with van der Waals surface area (Å²) in [7, 11) is 5.09. The van der Waals surface area contributed by atoms with Crippen LogP contribution in [0.15, 0.2) is 28.9 Å². The van der Waals surface area contributed by atoms with Gasteiger partial charge in [-0.1, -0.05) is 0 Å². The Morgan fingerprint density at radius 3 is 2.25 bits per heavy atom. The first-order valence-corrected chi connectivity index (χ1v) is 6.76. The van der Waals surface area contributed by atoms with Gasteiger partial charge in [0.2, 0.25) is 0 Å². The number of nitrogens with one attached hydrogen (secondary N) is 1. The van der Waals surface area contributed by atoms with Gasteiger partial charge in [0.25, 0.3) is 0 Å². The highest BCUT2D eigenvalue weighted by Crippen LogP contribution is 2.32. The maximum absolute atomic E-state index is 5.72. The van der Waals surface area contributed by atoms with Crippen LogP contribution in [-0.2, 0) is 7.05 Å². The minimum Gasteiger partial charge on any atom is -0.497 e. The molecule has 108 valence electrons. The Hall–Kier alpha value is -1.57. The third kappa shape index (κ3) is 2.79. The van der Waals surface area contributed by atoms with E-state index in [9.17, 15) is 0 Å². The van der Waals surface area contributed by atoms with E-state index in [1.807, 2.05) is 25.2 Å². The van der Waals surface area contributed by atoms with Crippen LogP contribution < -0.4 is 20.7 Å². The molecule has 1 unspecified atom stereocenters. The Morgan fingerprint density at radius 2 is 1.85 bits per heavy atom. The van der Waals surface area contributed by atoms with Crippen molar-refractivity contribution in [2.45, 2.75) is 6.04 Å². The molecule has 20 heavy (non-hydrogen) atoms.